The molecule has 0 aliphatic heterocycles. The van der Waals surface area contributed by atoms with Gasteiger partial charge < -0.3 is 5.73 Å². The SMILES string of the molecule is N#Cc1cc(S(=O)(=O)NC2CCCC2CN)ccc1F. The van der Waals surface area contributed by atoms with Gasteiger partial charge in [0, 0.05) is 6.04 Å². The molecule has 1 aliphatic carbocycles. The Balaban J connectivity index is 2.25. The molecule has 7 heteroatoms. The molecule has 2 unspecified atom stereocenters. The summed E-state index contributed by atoms with van der Waals surface area (Å²) in [6.07, 6.45) is 2.58. The number of nitrogens with zero attached hydrogens (tertiary/aromatic N) is 1. The first-order chi connectivity index (χ1) is 9.47. The first-order valence-electron chi connectivity index (χ1n) is 6.40. The molecule has 2 rings (SSSR count). The van der Waals surface area contributed by atoms with Crippen LogP contribution in [0.5, 0.6) is 0 Å². The van der Waals surface area contributed by atoms with Crippen molar-refractivity contribution in [2.45, 2.75) is 30.2 Å². The van der Waals surface area contributed by atoms with E-state index < -0.39 is 15.8 Å². The summed E-state index contributed by atoms with van der Waals surface area (Å²) in [5.41, 5.74) is 5.34. The van der Waals surface area contributed by atoms with Crippen LogP contribution < -0.4 is 10.5 Å². The number of nitrogens with two attached hydrogens (primary N) is 1. The number of rotatable bonds is 4. The van der Waals surface area contributed by atoms with Gasteiger partial charge in [-0.3, -0.25) is 0 Å². The summed E-state index contributed by atoms with van der Waals surface area (Å²) >= 11 is 0. The van der Waals surface area contributed by atoms with Crippen LogP contribution in [0.3, 0.4) is 0 Å². The van der Waals surface area contributed by atoms with Gasteiger partial charge in [-0.2, -0.15) is 5.26 Å². The Morgan fingerprint density at radius 2 is 2.20 bits per heavy atom. The van der Waals surface area contributed by atoms with Crippen molar-refractivity contribution in [2.75, 3.05) is 6.54 Å². The lowest BCUT2D eigenvalue weighted by molar-refractivity contribution is 0.453. The summed E-state index contributed by atoms with van der Waals surface area (Å²) < 4.78 is 40.3. The highest BCUT2D eigenvalue weighted by Crippen LogP contribution is 2.26. The molecule has 0 bridgehead atoms. The van der Waals surface area contributed by atoms with Crippen molar-refractivity contribution < 1.29 is 12.8 Å². The summed E-state index contributed by atoms with van der Waals surface area (Å²) in [5.74, 6) is -0.604. The Morgan fingerprint density at radius 3 is 2.85 bits per heavy atom. The lowest BCUT2D eigenvalue weighted by atomic mass is 10.1. The molecule has 108 valence electrons. The molecule has 0 saturated heterocycles. The molecule has 2 atom stereocenters. The van der Waals surface area contributed by atoms with E-state index in [1.54, 1.807) is 6.07 Å². The monoisotopic (exact) mass is 297 g/mol. The minimum absolute atomic E-state index is 0.0990. The van der Waals surface area contributed by atoms with Crippen molar-refractivity contribution in [3.05, 3.63) is 29.6 Å². The fraction of sp³-hybridized carbons (Fsp3) is 0.462. The number of nitrogens with one attached hydrogen (secondary N) is 1. The molecule has 5 nitrogen and oxygen atoms in total. The van der Waals surface area contributed by atoms with Crippen molar-refractivity contribution in [1.82, 2.24) is 4.72 Å². The third-order valence-electron chi connectivity index (χ3n) is 3.64. The molecular weight excluding hydrogens is 281 g/mol. The topological polar surface area (TPSA) is 96.0 Å². The predicted octanol–water partition coefficient (Wildman–Crippen LogP) is 1.10. The molecule has 0 spiro atoms. The largest absolute Gasteiger partial charge is 0.330 e. The zero-order valence-electron chi connectivity index (χ0n) is 10.8. The van der Waals surface area contributed by atoms with Crippen LogP contribution >= 0.6 is 0 Å². The van der Waals surface area contributed by atoms with E-state index in [-0.39, 0.29) is 22.4 Å². The molecule has 3 N–H and O–H groups in total. The summed E-state index contributed by atoms with van der Waals surface area (Å²) in [6, 6.07) is 4.63. The van der Waals surface area contributed by atoms with Crippen molar-refractivity contribution in [1.29, 1.82) is 5.26 Å². The molecule has 1 saturated carbocycles. The molecule has 0 heterocycles. The van der Waals surface area contributed by atoms with Crippen LogP contribution in [0.25, 0.3) is 0 Å². The second-order valence-corrected chi connectivity index (χ2v) is 6.62. The van der Waals surface area contributed by atoms with E-state index in [1.807, 2.05) is 0 Å². The third-order valence-corrected chi connectivity index (χ3v) is 5.12. The number of hydrogen-bond donors (Lipinski definition) is 2. The molecule has 0 aromatic heterocycles. The van der Waals surface area contributed by atoms with Crippen LogP contribution in [0.1, 0.15) is 24.8 Å². The first-order valence-corrected chi connectivity index (χ1v) is 7.88. The van der Waals surface area contributed by atoms with E-state index in [1.165, 1.54) is 0 Å². The zero-order valence-corrected chi connectivity index (χ0v) is 11.7. The van der Waals surface area contributed by atoms with Crippen molar-refractivity contribution >= 4 is 10.0 Å². The molecule has 1 aromatic rings. The first kappa shape index (κ1) is 14.9. The Morgan fingerprint density at radius 1 is 1.45 bits per heavy atom. The number of halogens is 1. The normalized spacial score (nSPS) is 22.6. The third kappa shape index (κ3) is 2.98. The Hall–Kier alpha value is -1.49. The molecule has 1 aliphatic rings. The number of sulfonamides is 1. The highest BCUT2D eigenvalue weighted by Gasteiger charge is 2.30. The van der Waals surface area contributed by atoms with Gasteiger partial charge in [0.25, 0.3) is 0 Å². The van der Waals surface area contributed by atoms with Crippen LogP contribution in [0.4, 0.5) is 4.39 Å². The summed E-state index contributed by atoms with van der Waals surface area (Å²) in [6.45, 7) is 0.431. The zero-order chi connectivity index (χ0) is 14.8. The minimum Gasteiger partial charge on any atom is -0.330 e. The average Bonchev–Trinajstić information content (AvgIpc) is 2.85. The van der Waals surface area contributed by atoms with Gasteiger partial charge in [-0.25, -0.2) is 17.5 Å². The number of benzene rings is 1. The second kappa shape index (κ2) is 5.87. The quantitative estimate of drug-likeness (QED) is 0.870. The minimum atomic E-state index is -3.76. The van der Waals surface area contributed by atoms with Gasteiger partial charge in [0.05, 0.1) is 10.5 Å². The fourth-order valence-corrected chi connectivity index (χ4v) is 3.86. The molecular formula is C13H16FN3O2S. The summed E-state index contributed by atoms with van der Waals surface area (Å²) in [4.78, 5) is -0.0990. The van der Waals surface area contributed by atoms with Gasteiger partial charge in [0.15, 0.2) is 0 Å². The van der Waals surface area contributed by atoms with Gasteiger partial charge in [-0.1, -0.05) is 6.42 Å². The average molecular weight is 297 g/mol. The van der Waals surface area contributed by atoms with E-state index >= 15 is 0 Å². The van der Waals surface area contributed by atoms with Gasteiger partial charge in [-0.15, -0.1) is 0 Å². The van der Waals surface area contributed by atoms with E-state index in [0.29, 0.717) is 6.54 Å². The molecule has 20 heavy (non-hydrogen) atoms. The highest BCUT2D eigenvalue weighted by molar-refractivity contribution is 7.89. The van der Waals surface area contributed by atoms with Gasteiger partial charge >= 0.3 is 0 Å². The highest BCUT2D eigenvalue weighted by atomic mass is 32.2. The maximum atomic E-state index is 13.2. The second-order valence-electron chi connectivity index (χ2n) is 4.91. The van der Waals surface area contributed by atoms with Crippen LogP contribution in [0.15, 0.2) is 23.1 Å². The van der Waals surface area contributed by atoms with Gasteiger partial charge in [0.2, 0.25) is 10.0 Å². The standard InChI is InChI=1S/C13H16FN3O2S/c14-12-5-4-11(6-10(12)8-16)20(18,19)17-13-3-1-2-9(13)7-15/h4-6,9,13,17H,1-3,7,15H2. The lowest BCUT2D eigenvalue weighted by Gasteiger charge is -2.19. The van der Waals surface area contributed by atoms with E-state index in [4.69, 9.17) is 11.0 Å². The Labute approximate surface area is 117 Å². The van der Waals surface area contributed by atoms with Crippen LogP contribution in [0.2, 0.25) is 0 Å². The van der Waals surface area contributed by atoms with Crippen molar-refractivity contribution in [2.24, 2.45) is 11.7 Å². The van der Waals surface area contributed by atoms with E-state index in [0.717, 1.165) is 37.5 Å². The van der Waals surface area contributed by atoms with Crippen LogP contribution in [0, 0.1) is 23.1 Å². The molecule has 0 amide bonds. The fourth-order valence-electron chi connectivity index (χ4n) is 2.50. The summed E-state index contributed by atoms with van der Waals surface area (Å²) in [7, 11) is -3.76. The van der Waals surface area contributed by atoms with Crippen LogP contribution in [-0.2, 0) is 10.0 Å². The van der Waals surface area contributed by atoms with E-state index in [2.05, 4.69) is 4.72 Å². The molecule has 1 aromatic carbocycles. The van der Waals surface area contributed by atoms with Gasteiger partial charge in [-0.05, 0) is 43.5 Å². The maximum Gasteiger partial charge on any atom is 0.240 e. The van der Waals surface area contributed by atoms with Gasteiger partial charge in [0.1, 0.15) is 11.9 Å². The lowest BCUT2D eigenvalue weighted by Crippen LogP contribution is -2.39. The Kier molecular flexibility index (Phi) is 4.38. The number of nitriles is 1. The van der Waals surface area contributed by atoms with Crippen molar-refractivity contribution in [3.63, 3.8) is 0 Å². The maximum absolute atomic E-state index is 13.2. The molecule has 1 fully saturated rings. The smallest absolute Gasteiger partial charge is 0.240 e. The molecule has 0 radical (unpaired) electrons. The predicted molar refractivity (Wildman–Crippen MR) is 71.6 cm³/mol. The van der Waals surface area contributed by atoms with Crippen molar-refractivity contribution in [3.8, 4) is 6.07 Å². The summed E-state index contributed by atoms with van der Waals surface area (Å²) in [5, 5.41) is 8.75. The van der Waals surface area contributed by atoms with E-state index in [9.17, 15) is 12.8 Å². The van der Waals surface area contributed by atoms with Crippen LogP contribution in [-0.4, -0.2) is 21.0 Å². The number of hydrogen-bond acceptors (Lipinski definition) is 4. The Bertz CT molecular complexity index is 640.